The van der Waals surface area contributed by atoms with Gasteiger partial charge in [-0.2, -0.15) is 0 Å². The molecule has 0 radical (unpaired) electrons. The molecule has 0 aliphatic carbocycles. The molecular formula is C22H46O2Si. The van der Waals surface area contributed by atoms with Crippen LogP contribution >= 0.6 is 0 Å². The van der Waals surface area contributed by atoms with Crippen molar-refractivity contribution in [3.05, 3.63) is 0 Å². The third-order valence-corrected chi connectivity index (χ3v) is 9.70. The topological polar surface area (TPSA) is 26.3 Å². The summed E-state index contributed by atoms with van der Waals surface area (Å²) < 4.78 is 6.32. The molecule has 0 atom stereocenters. The number of hydrogen-bond acceptors (Lipinski definition) is 2. The molecule has 0 unspecified atom stereocenters. The Bertz CT molecular complexity index is 273. The Balaban J connectivity index is 4.82. The first-order valence-electron chi connectivity index (χ1n) is 11.4. The molecular weight excluding hydrogens is 324 g/mol. The van der Waals surface area contributed by atoms with Crippen molar-refractivity contribution in [3.63, 3.8) is 0 Å². The molecule has 0 saturated carbocycles. The van der Waals surface area contributed by atoms with Crippen LogP contribution in [-0.2, 0) is 9.22 Å². The Morgan fingerprint density at radius 2 is 1.00 bits per heavy atom. The number of hydrogen-bond donors (Lipinski definition) is 0. The fourth-order valence-electron chi connectivity index (χ4n) is 3.65. The minimum absolute atomic E-state index is 0.0932. The third-order valence-electron chi connectivity index (χ3n) is 5.24. The first-order valence-corrected chi connectivity index (χ1v) is 13.9. The minimum atomic E-state index is -1.90. The van der Waals surface area contributed by atoms with Gasteiger partial charge in [-0.05, 0) is 24.6 Å². The van der Waals surface area contributed by atoms with Gasteiger partial charge in [-0.25, -0.2) is 0 Å². The van der Waals surface area contributed by atoms with Crippen LogP contribution in [0.1, 0.15) is 118 Å². The zero-order chi connectivity index (χ0) is 18.8. The Labute approximate surface area is 159 Å². The summed E-state index contributed by atoms with van der Waals surface area (Å²) in [4.78, 5) is 12.3. The summed E-state index contributed by atoms with van der Waals surface area (Å²) >= 11 is 0. The van der Waals surface area contributed by atoms with Gasteiger partial charge < -0.3 is 4.43 Å². The molecule has 0 heterocycles. The molecule has 3 heteroatoms. The summed E-state index contributed by atoms with van der Waals surface area (Å²) in [5.74, 6) is 0.0932. The molecule has 0 aromatic carbocycles. The van der Waals surface area contributed by atoms with Crippen molar-refractivity contribution < 1.29 is 9.22 Å². The van der Waals surface area contributed by atoms with Crippen molar-refractivity contribution in [1.82, 2.24) is 0 Å². The van der Waals surface area contributed by atoms with Gasteiger partial charge in [0.05, 0.1) is 0 Å². The number of rotatable bonds is 18. The monoisotopic (exact) mass is 370 g/mol. The highest BCUT2D eigenvalue weighted by Gasteiger charge is 2.36. The van der Waals surface area contributed by atoms with Gasteiger partial charge in [-0.3, -0.25) is 4.79 Å². The van der Waals surface area contributed by atoms with E-state index in [1.54, 1.807) is 0 Å². The fourth-order valence-corrected chi connectivity index (χ4v) is 7.97. The van der Waals surface area contributed by atoms with Crippen molar-refractivity contribution in [2.75, 3.05) is 0 Å². The van der Waals surface area contributed by atoms with Gasteiger partial charge in [0.2, 0.25) is 0 Å². The second kappa shape index (κ2) is 17.1. The lowest BCUT2D eigenvalue weighted by molar-refractivity contribution is -0.135. The zero-order valence-electron chi connectivity index (χ0n) is 17.8. The van der Waals surface area contributed by atoms with Crippen molar-refractivity contribution >= 4 is 14.3 Å². The summed E-state index contributed by atoms with van der Waals surface area (Å²) in [7, 11) is -1.90. The summed E-state index contributed by atoms with van der Waals surface area (Å²) in [6.45, 7) is 8.87. The van der Waals surface area contributed by atoms with Crippen molar-refractivity contribution in [1.29, 1.82) is 0 Å². The Hall–Kier alpha value is -0.313. The minimum Gasteiger partial charge on any atom is -0.519 e. The molecule has 150 valence electrons. The van der Waals surface area contributed by atoms with Gasteiger partial charge >= 0.3 is 0 Å². The van der Waals surface area contributed by atoms with E-state index in [9.17, 15) is 4.79 Å². The second-order valence-corrected chi connectivity index (χ2v) is 11.9. The second-order valence-electron chi connectivity index (χ2n) is 7.84. The predicted octanol–water partition coefficient (Wildman–Crippen LogP) is 8.02. The van der Waals surface area contributed by atoms with Crippen LogP contribution in [0.5, 0.6) is 0 Å². The molecule has 0 amide bonds. The van der Waals surface area contributed by atoms with Crippen molar-refractivity contribution in [2.45, 2.75) is 136 Å². The lowest BCUT2D eigenvalue weighted by Gasteiger charge is -2.32. The maximum Gasteiger partial charge on any atom is 0.292 e. The van der Waals surface area contributed by atoms with Gasteiger partial charge in [0, 0.05) is 6.42 Å². The van der Waals surface area contributed by atoms with E-state index in [1.165, 1.54) is 95.2 Å². The molecule has 0 rings (SSSR count). The first kappa shape index (κ1) is 24.7. The van der Waals surface area contributed by atoms with Gasteiger partial charge in [-0.1, -0.05) is 105 Å². The fraction of sp³-hybridized carbons (Fsp3) is 0.955. The highest BCUT2D eigenvalue weighted by Crippen LogP contribution is 2.31. The molecule has 0 aliphatic rings. The molecule has 0 aromatic rings. The van der Waals surface area contributed by atoms with Crippen LogP contribution in [0.2, 0.25) is 18.1 Å². The lowest BCUT2D eigenvalue weighted by Crippen LogP contribution is -2.40. The highest BCUT2D eigenvalue weighted by atomic mass is 28.4. The molecule has 0 saturated heterocycles. The van der Waals surface area contributed by atoms with Gasteiger partial charge in [0.1, 0.15) is 0 Å². The van der Waals surface area contributed by atoms with E-state index in [-0.39, 0.29) is 5.97 Å². The van der Waals surface area contributed by atoms with Crippen LogP contribution in [0.3, 0.4) is 0 Å². The van der Waals surface area contributed by atoms with Crippen LogP contribution in [0.4, 0.5) is 0 Å². The standard InChI is InChI=1S/C22H46O2Si/c1-5-9-12-15-19-25(20-16-13-10-6-2,21-17-14-11-7-3)24-22(23)18-8-4/h5-21H2,1-4H3. The molecule has 0 spiro atoms. The molecule has 0 bridgehead atoms. The van der Waals surface area contributed by atoms with E-state index in [1.807, 2.05) is 0 Å². The SMILES string of the molecule is CCCCCC[Si](CCCCCC)(CCCCCC)OC(=O)CCC. The smallest absolute Gasteiger partial charge is 0.292 e. The van der Waals surface area contributed by atoms with Crippen LogP contribution in [0.15, 0.2) is 0 Å². The zero-order valence-corrected chi connectivity index (χ0v) is 18.8. The quantitative estimate of drug-likeness (QED) is 0.180. The van der Waals surface area contributed by atoms with Gasteiger partial charge in [-0.15, -0.1) is 0 Å². The molecule has 0 aromatic heterocycles. The normalized spacial score (nSPS) is 11.7. The summed E-state index contributed by atoms with van der Waals surface area (Å²) in [6, 6.07) is 3.63. The van der Waals surface area contributed by atoms with E-state index < -0.39 is 8.32 Å². The van der Waals surface area contributed by atoms with Crippen molar-refractivity contribution in [2.24, 2.45) is 0 Å². The average molecular weight is 371 g/mol. The van der Waals surface area contributed by atoms with Crippen LogP contribution < -0.4 is 0 Å². The Kier molecular flexibility index (Phi) is 16.9. The maximum absolute atomic E-state index is 12.3. The molecule has 2 nitrogen and oxygen atoms in total. The van der Waals surface area contributed by atoms with Crippen LogP contribution in [0, 0.1) is 0 Å². The third kappa shape index (κ3) is 13.5. The van der Waals surface area contributed by atoms with E-state index in [2.05, 4.69) is 27.7 Å². The van der Waals surface area contributed by atoms with E-state index >= 15 is 0 Å². The first-order chi connectivity index (χ1) is 12.1. The number of carbonyl (C=O) groups excluding carboxylic acids is 1. The molecule has 0 aliphatic heterocycles. The Morgan fingerprint density at radius 3 is 1.32 bits per heavy atom. The number of carbonyl (C=O) groups is 1. The summed E-state index contributed by atoms with van der Waals surface area (Å²) in [5, 5.41) is 0. The van der Waals surface area contributed by atoms with E-state index in [4.69, 9.17) is 4.43 Å². The highest BCUT2D eigenvalue weighted by molar-refractivity contribution is 6.75. The number of unbranched alkanes of at least 4 members (excludes halogenated alkanes) is 9. The van der Waals surface area contributed by atoms with Gasteiger partial charge in [0.15, 0.2) is 0 Å². The summed E-state index contributed by atoms with van der Waals surface area (Å²) in [5.41, 5.74) is 0. The van der Waals surface area contributed by atoms with Crippen LogP contribution in [0.25, 0.3) is 0 Å². The van der Waals surface area contributed by atoms with Crippen LogP contribution in [-0.4, -0.2) is 14.3 Å². The molecule has 0 fully saturated rings. The largest absolute Gasteiger partial charge is 0.519 e. The predicted molar refractivity (Wildman–Crippen MR) is 114 cm³/mol. The average Bonchev–Trinajstić information content (AvgIpc) is 2.60. The summed E-state index contributed by atoms with van der Waals surface area (Å²) in [6.07, 6.45) is 17.0. The van der Waals surface area contributed by atoms with Crippen molar-refractivity contribution in [3.8, 4) is 0 Å². The molecule has 25 heavy (non-hydrogen) atoms. The molecule has 0 N–H and O–H groups in total. The van der Waals surface area contributed by atoms with E-state index in [0.29, 0.717) is 6.42 Å². The van der Waals surface area contributed by atoms with E-state index in [0.717, 1.165) is 6.42 Å². The van der Waals surface area contributed by atoms with Gasteiger partial charge in [0.25, 0.3) is 14.3 Å². The lowest BCUT2D eigenvalue weighted by atomic mass is 10.2. The maximum atomic E-state index is 12.3. The Morgan fingerprint density at radius 1 is 0.600 bits per heavy atom.